The van der Waals surface area contributed by atoms with Gasteiger partial charge in [-0.25, -0.2) is 0 Å². The fraction of sp³-hybridized carbons (Fsp3) is 0.0909. The van der Waals surface area contributed by atoms with E-state index in [0.29, 0.717) is 0 Å². The summed E-state index contributed by atoms with van der Waals surface area (Å²) in [5.74, 6) is 0. The third-order valence-corrected chi connectivity index (χ3v) is 2.93. The summed E-state index contributed by atoms with van der Waals surface area (Å²) in [6.07, 6.45) is 0. The molecule has 1 aromatic heterocycles. The van der Waals surface area contributed by atoms with Crippen LogP contribution in [-0.4, -0.2) is 7.05 Å². The highest BCUT2D eigenvalue weighted by atomic mass is 32.1. The van der Waals surface area contributed by atoms with Crippen molar-refractivity contribution >= 4 is 17.0 Å². The van der Waals surface area contributed by atoms with E-state index >= 15 is 0 Å². The van der Waals surface area contributed by atoms with E-state index in [2.05, 4.69) is 41.0 Å². The lowest BCUT2D eigenvalue weighted by Gasteiger charge is -2.01. The van der Waals surface area contributed by atoms with Crippen LogP contribution in [0.4, 0.5) is 5.69 Å². The fourth-order valence-electron chi connectivity index (χ4n) is 1.32. The van der Waals surface area contributed by atoms with Crippen LogP contribution in [0.25, 0.3) is 10.4 Å². The quantitative estimate of drug-likeness (QED) is 0.763. The maximum atomic E-state index is 3.18. The summed E-state index contributed by atoms with van der Waals surface area (Å²) in [6, 6.07) is 12.5. The van der Waals surface area contributed by atoms with E-state index in [9.17, 15) is 0 Å². The number of hydrogen-bond donors (Lipinski definition) is 1. The van der Waals surface area contributed by atoms with E-state index in [-0.39, 0.29) is 0 Å². The number of anilines is 1. The Morgan fingerprint density at radius 3 is 2.54 bits per heavy atom. The molecular weight excluding hydrogens is 178 g/mol. The average molecular weight is 189 g/mol. The number of rotatable bonds is 2. The van der Waals surface area contributed by atoms with Gasteiger partial charge in [-0.15, -0.1) is 11.3 Å². The summed E-state index contributed by atoms with van der Waals surface area (Å²) in [4.78, 5) is 1.31. The Morgan fingerprint density at radius 2 is 1.85 bits per heavy atom. The van der Waals surface area contributed by atoms with Crippen LogP contribution in [0.15, 0.2) is 41.8 Å². The molecule has 0 atom stereocenters. The van der Waals surface area contributed by atoms with Gasteiger partial charge in [-0.2, -0.15) is 0 Å². The molecule has 0 bridgehead atoms. The maximum Gasteiger partial charge on any atom is 0.0574 e. The SMILES string of the molecule is CNc1ccsc1-c1ccccc1. The summed E-state index contributed by atoms with van der Waals surface area (Å²) in [5.41, 5.74) is 2.48. The van der Waals surface area contributed by atoms with Crippen LogP contribution in [0.2, 0.25) is 0 Å². The van der Waals surface area contributed by atoms with E-state index in [1.54, 1.807) is 11.3 Å². The molecule has 0 saturated heterocycles. The minimum Gasteiger partial charge on any atom is -0.387 e. The molecule has 2 aromatic rings. The zero-order valence-electron chi connectivity index (χ0n) is 7.45. The van der Waals surface area contributed by atoms with E-state index in [0.717, 1.165) is 0 Å². The monoisotopic (exact) mass is 189 g/mol. The Morgan fingerprint density at radius 1 is 1.08 bits per heavy atom. The Labute approximate surface area is 82.0 Å². The molecular formula is C11H11NS. The normalized spacial score (nSPS) is 9.92. The number of thiophene rings is 1. The smallest absolute Gasteiger partial charge is 0.0574 e. The van der Waals surface area contributed by atoms with E-state index < -0.39 is 0 Å². The third kappa shape index (κ3) is 1.58. The molecule has 2 rings (SSSR count). The zero-order valence-corrected chi connectivity index (χ0v) is 8.27. The second kappa shape index (κ2) is 3.62. The van der Waals surface area contributed by atoms with Gasteiger partial charge in [0.2, 0.25) is 0 Å². The molecule has 0 saturated carbocycles. The minimum atomic E-state index is 1.20. The molecule has 0 aliphatic rings. The van der Waals surface area contributed by atoms with E-state index in [4.69, 9.17) is 0 Å². The van der Waals surface area contributed by atoms with Gasteiger partial charge in [-0.3, -0.25) is 0 Å². The number of benzene rings is 1. The van der Waals surface area contributed by atoms with E-state index in [1.165, 1.54) is 16.1 Å². The highest BCUT2D eigenvalue weighted by Crippen LogP contribution is 2.32. The fourth-order valence-corrected chi connectivity index (χ4v) is 2.23. The van der Waals surface area contributed by atoms with Crippen LogP contribution in [0, 0.1) is 0 Å². The van der Waals surface area contributed by atoms with Crippen molar-refractivity contribution in [3.05, 3.63) is 41.8 Å². The molecule has 1 aromatic carbocycles. The molecule has 1 N–H and O–H groups in total. The van der Waals surface area contributed by atoms with Crippen molar-refractivity contribution in [1.29, 1.82) is 0 Å². The summed E-state index contributed by atoms with van der Waals surface area (Å²) < 4.78 is 0. The van der Waals surface area contributed by atoms with Crippen molar-refractivity contribution in [1.82, 2.24) is 0 Å². The van der Waals surface area contributed by atoms with Crippen LogP contribution in [0.5, 0.6) is 0 Å². The molecule has 13 heavy (non-hydrogen) atoms. The first kappa shape index (κ1) is 8.32. The van der Waals surface area contributed by atoms with E-state index in [1.807, 2.05) is 13.1 Å². The third-order valence-electron chi connectivity index (χ3n) is 1.97. The second-order valence-corrected chi connectivity index (χ2v) is 3.70. The van der Waals surface area contributed by atoms with Crippen LogP contribution in [0.3, 0.4) is 0 Å². The van der Waals surface area contributed by atoms with Gasteiger partial charge in [0.25, 0.3) is 0 Å². The van der Waals surface area contributed by atoms with Gasteiger partial charge in [-0.05, 0) is 17.0 Å². The molecule has 1 heterocycles. The summed E-state index contributed by atoms with van der Waals surface area (Å²) in [5, 5.41) is 5.29. The minimum absolute atomic E-state index is 1.20. The first-order valence-electron chi connectivity index (χ1n) is 4.22. The second-order valence-electron chi connectivity index (χ2n) is 2.78. The lowest BCUT2D eigenvalue weighted by atomic mass is 10.2. The van der Waals surface area contributed by atoms with Gasteiger partial charge in [0.15, 0.2) is 0 Å². The van der Waals surface area contributed by atoms with Gasteiger partial charge in [0.05, 0.1) is 10.6 Å². The number of nitrogens with one attached hydrogen (secondary N) is 1. The van der Waals surface area contributed by atoms with Crippen LogP contribution in [-0.2, 0) is 0 Å². The van der Waals surface area contributed by atoms with Gasteiger partial charge in [0.1, 0.15) is 0 Å². The van der Waals surface area contributed by atoms with Crippen LogP contribution in [0.1, 0.15) is 0 Å². The van der Waals surface area contributed by atoms with Crippen molar-refractivity contribution < 1.29 is 0 Å². The highest BCUT2D eigenvalue weighted by molar-refractivity contribution is 7.14. The first-order chi connectivity index (χ1) is 6.42. The summed E-state index contributed by atoms with van der Waals surface area (Å²) >= 11 is 1.76. The van der Waals surface area contributed by atoms with Gasteiger partial charge >= 0.3 is 0 Å². The summed E-state index contributed by atoms with van der Waals surface area (Å²) in [6.45, 7) is 0. The number of hydrogen-bond acceptors (Lipinski definition) is 2. The Bertz CT molecular complexity index is 378. The maximum absolute atomic E-state index is 3.18. The van der Waals surface area contributed by atoms with Gasteiger partial charge in [0, 0.05) is 7.05 Å². The molecule has 0 fully saturated rings. The summed E-state index contributed by atoms with van der Waals surface area (Å²) in [7, 11) is 1.95. The van der Waals surface area contributed by atoms with Crippen LogP contribution >= 0.6 is 11.3 Å². The zero-order chi connectivity index (χ0) is 9.10. The van der Waals surface area contributed by atoms with Crippen molar-refractivity contribution in [2.75, 3.05) is 12.4 Å². The molecule has 0 aliphatic carbocycles. The largest absolute Gasteiger partial charge is 0.387 e. The predicted molar refractivity (Wildman–Crippen MR) is 59.3 cm³/mol. The molecule has 66 valence electrons. The predicted octanol–water partition coefficient (Wildman–Crippen LogP) is 3.46. The lowest BCUT2D eigenvalue weighted by Crippen LogP contribution is -1.86. The molecule has 0 amide bonds. The van der Waals surface area contributed by atoms with Crippen molar-refractivity contribution in [2.45, 2.75) is 0 Å². The molecule has 1 nitrogen and oxygen atoms in total. The van der Waals surface area contributed by atoms with Gasteiger partial charge in [-0.1, -0.05) is 30.3 Å². The standard InChI is InChI=1S/C11H11NS/c1-12-10-7-8-13-11(10)9-5-3-2-4-6-9/h2-8,12H,1H3. The highest BCUT2D eigenvalue weighted by Gasteiger charge is 2.03. The molecule has 2 heteroatoms. The first-order valence-corrected chi connectivity index (χ1v) is 5.10. The lowest BCUT2D eigenvalue weighted by molar-refractivity contribution is 1.55. The van der Waals surface area contributed by atoms with Crippen molar-refractivity contribution in [3.63, 3.8) is 0 Å². The Kier molecular flexibility index (Phi) is 2.32. The average Bonchev–Trinajstić information content (AvgIpc) is 2.67. The topological polar surface area (TPSA) is 12.0 Å². The van der Waals surface area contributed by atoms with Crippen molar-refractivity contribution in [2.24, 2.45) is 0 Å². The molecule has 0 aliphatic heterocycles. The molecule has 0 radical (unpaired) electrons. The van der Waals surface area contributed by atoms with Crippen LogP contribution < -0.4 is 5.32 Å². The van der Waals surface area contributed by atoms with Crippen molar-refractivity contribution in [3.8, 4) is 10.4 Å². The Balaban J connectivity index is 2.47. The Hall–Kier alpha value is -1.28. The molecule has 0 unspecified atom stereocenters. The van der Waals surface area contributed by atoms with Gasteiger partial charge < -0.3 is 5.32 Å². The molecule has 0 spiro atoms.